The average molecular weight is 389 g/mol. The van der Waals surface area contributed by atoms with E-state index in [1.165, 1.54) is 4.57 Å². The lowest BCUT2D eigenvalue weighted by molar-refractivity contribution is 0.0970. The minimum Gasteiger partial charge on any atom is -0.376 e. The topological polar surface area (TPSA) is 116 Å². The van der Waals surface area contributed by atoms with E-state index in [1.807, 2.05) is 42.5 Å². The van der Waals surface area contributed by atoms with Crippen LogP contribution in [0.2, 0.25) is 0 Å². The van der Waals surface area contributed by atoms with E-state index in [4.69, 9.17) is 10.5 Å². The van der Waals surface area contributed by atoms with Crippen LogP contribution >= 0.6 is 0 Å². The Bertz CT molecular complexity index is 1300. The van der Waals surface area contributed by atoms with Gasteiger partial charge in [-0.3, -0.25) is 9.36 Å². The summed E-state index contributed by atoms with van der Waals surface area (Å²) in [7, 11) is 0. The van der Waals surface area contributed by atoms with Crippen LogP contribution in [0.5, 0.6) is 0 Å². The lowest BCUT2D eigenvalue weighted by Crippen LogP contribution is -2.24. The molecule has 2 aromatic carbocycles. The van der Waals surface area contributed by atoms with Crippen molar-refractivity contribution in [3.63, 3.8) is 0 Å². The molecular formula is C21H19N5O3. The highest BCUT2D eigenvalue weighted by molar-refractivity contribution is 6.03. The van der Waals surface area contributed by atoms with Gasteiger partial charge in [-0.1, -0.05) is 42.5 Å². The summed E-state index contributed by atoms with van der Waals surface area (Å²) in [6.07, 6.45) is 1.79. The number of amides is 1. The molecule has 0 aliphatic carbocycles. The Hall–Kier alpha value is -3.52. The van der Waals surface area contributed by atoms with Crippen molar-refractivity contribution >= 4 is 27.8 Å². The maximum Gasteiger partial charge on any atom is 0.327 e. The van der Waals surface area contributed by atoms with Crippen LogP contribution in [0, 0.1) is 0 Å². The van der Waals surface area contributed by atoms with Gasteiger partial charge in [-0.05, 0) is 23.6 Å². The van der Waals surface area contributed by atoms with Gasteiger partial charge in [0.2, 0.25) is 0 Å². The number of nitrogens with zero attached hydrogens (tertiary/aromatic N) is 3. The molecule has 5 rings (SSSR count). The van der Waals surface area contributed by atoms with E-state index in [-0.39, 0.29) is 23.0 Å². The summed E-state index contributed by atoms with van der Waals surface area (Å²) in [6, 6.07) is 13.7. The number of fused-ring (bicyclic) bond motifs is 2. The molecule has 1 fully saturated rings. The highest BCUT2D eigenvalue weighted by atomic mass is 16.5. The molecule has 1 aliphatic heterocycles. The molecule has 3 N–H and O–H groups in total. The number of nitrogens with one attached hydrogen (secondary N) is 1. The SMILES string of the molecule is NC(=O)c1nc(-c2cccc3ccccc23)nc2c1[nH]c(=O)n2CC1CCCO1. The zero-order valence-corrected chi connectivity index (χ0v) is 15.6. The quantitative estimate of drug-likeness (QED) is 0.555. The van der Waals surface area contributed by atoms with Crippen LogP contribution < -0.4 is 11.4 Å². The Balaban J connectivity index is 1.76. The Morgan fingerprint density at radius 2 is 2.03 bits per heavy atom. The molecule has 8 heteroatoms. The summed E-state index contributed by atoms with van der Waals surface area (Å²) in [4.78, 5) is 36.5. The molecule has 1 unspecified atom stereocenters. The minimum absolute atomic E-state index is 0.00104. The fourth-order valence-electron chi connectivity index (χ4n) is 3.91. The lowest BCUT2D eigenvalue weighted by Gasteiger charge is -2.11. The van der Waals surface area contributed by atoms with Gasteiger partial charge in [-0.25, -0.2) is 14.8 Å². The molecule has 8 nitrogen and oxygen atoms in total. The molecule has 1 saturated heterocycles. The molecule has 0 radical (unpaired) electrons. The van der Waals surface area contributed by atoms with Gasteiger partial charge < -0.3 is 15.5 Å². The normalized spacial score (nSPS) is 16.6. The monoisotopic (exact) mass is 389 g/mol. The third kappa shape index (κ3) is 2.98. The summed E-state index contributed by atoms with van der Waals surface area (Å²) in [5, 5.41) is 1.98. The van der Waals surface area contributed by atoms with Gasteiger partial charge in [-0.2, -0.15) is 0 Å². The van der Waals surface area contributed by atoms with Crippen LogP contribution in [0.3, 0.4) is 0 Å². The molecule has 1 atom stereocenters. The van der Waals surface area contributed by atoms with E-state index < -0.39 is 5.91 Å². The van der Waals surface area contributed by atoms with Gasteiger partial charge >= 0.3 is 5.69 Å². The van der Waals surface area contributed by atoms with Crippen molar-refractivity contribution in [2.75, 3.05) is 6.61 Å². The van der Waals surface area contributed by atoms with Gasteiger partial charge in [0, 0.05) is 12.2 Å². The van der Waals surface area contributed by atoms with Crippen LogP contribution in [0.25, 0.3) is 33.3 Å². The van der Waals surface area contributed by atoms with Crippen LogP contribution in [0.4, 0.5) is 0 Å². The van der Waals surface area contributed by atoms with Crippen molar-refractivity contribution in [3.8, 4) is 11.4 Å². The molecule has 3 heterocycles. The van der Waals surface area contributed by atoms with Crippen molar-refractivity contribution in [1.82, 2.24) is 19.5 Å². The van der Waals surface area contributed by atoms with Gasteiger partial charge in [0.15, 0.2) is 17.2 Å². The average Bonchev–Trinajstić information content (AvgIpc) is 3.35. The van der Waals surface area contributed by atoms with Crippen molar-refractivity contribution in [3.05, 3.63) is 58.6 Å². The number of aromatic nitrogens is 4. The summed E-state index contributed by atoms with van der Waals surface area (Å²) in [6.45, 7) is 1.05. The van der Waals surface area contributed by atoms with E-state index in [0.717, 1.165) is 29.2 Å². The highest BCUT2D eigenvalue weighted by Gasteiger charge is 2.23. The number of ether oxygens (including phenoxy) is 1. The molecule has 0 bridgehead atoms. The lowest BCUT2D eigenvalue weighted by atomic mass is 10.0. The maximum atomic E-state index is 12.6. The van der Waals surface area contributed by atoms with Gasteiger partial charge in [0.1, 0.15) is 5.52 Å². The number of rotatable bonds is 4. The largest absolute Gasteiger partial charge is 0.376 e. The summed E-state index contributed by atoms with van der Waals surface area (Å²) < 4.78 is 7.18. The Kier molecular flexibility index (Phi) is 4.13. The van der Waals surface area contributed by atoms with Crippen molar-refractivity contribution in [2.45, 2.75) is 25.5 Å². The van der Waals surface area contributed by atoms with Crippen LogP contribution in [0.1, 0.15) is 23.3 Å². The molecule has 0 spiro atoms. The zero-order chi connectivity index (χ0) is 20.0. The number of imidazole rings is 1. The van der Waals surface area contributed by atoms with Gasteiger partial charge in [-0.15, -0.1) is 0 Å². The highest BCUT2D eigenvalue weighted by Crippen LogP contribution is 2.28. The molecule has 0 saturated carbocycles. The van der Waals surface area contributed by atoms with Crippen molar-refractivity contribution in [2.24, 2.45) is 5.73 Å². The molecule has 29 heavy (non-hydrogen) atoms. The van der Waals surface area contributed by atoms with Crippen molar-refractivity contribution in [1.29, 1.82) is 0 Å². The second-order valence-electron chi connectivity index (χ2n) is 7.16. The fourth-order valence-corrected chi connectivity index (χ4v) is 3.91. The predicted octanol–water partition coefficient (Wildman–Crippen LogP) is 2.22. The van der Waals surface area contributed by atoms with E-state index >= 15 is 0 Å². The second-order valence-corrected chi connectivity index (χ2v) is 7.16. The first kappa shape index (κ1) is 17.6. The first-order valence-electron chi connectivity index (χ1n) is 9.52. The van der Waals surface area contributed by atoms with Crippen molar-refractivity contribution < 1.29 is 9.53 Å². The molecule has 4 aromatic rings. The number of primary amides is 1. The minimum atomic E-state index is -0.718. The number of nitrogens with two attached hydrogens (primary N) is 1. The Morgan fingerprint density at radius 1 is 1.21 bits per heavy atom. The summed E-state index contributed by atoms with van der Waals surface area (Å²) in [5.41, 5.74) is 6.60. The molecule has 1 amide bonds. The van der Waals surface area contributed by atoms with E-state index in [1.54, 1.807) is 0 Å². The molecule has 2 aromatic heterocycles. The number of carbonyl (C=O) groups excluding carboxylic acids is 1. The van der Waals surface area contributed by atoms with Gasteiger partial charge in [0.25, 0.3) is 5.91 Å². The standard InChI is InChI=1S/C21H19N5O3/c22-18(27)16-17-20(26(21(28)24-17)11-13-7-4-10-29-13)25-19(23-16)15-9-3-6-12-5-1-2-8-14(12)15/h1-3,5-6,8-9,13H,4,7,10-11H2,(H2,22,27)(H,24,28). The number of H-pyrrole nitrogens is 1. The summed E-state index contributed by atoms with van der Waals surface area (Å²) in [5.74, 6) is -0.368. The van der Waals surface area contributed by atoms with E-state index in [9.17, 15) is 9.59 Å². The number of hydrogen-bond acceptors (Lipinski definition) is 5. The Morgan fingerprint density at radius 3 is 2.83 bits per heavy atom. The van der Waals surface area contributed by atoms with Crippen LogP contribution in [-0.2, 0) is 11.3 Å². The third-order valence-corrected chi connectivity index (χ3v) is 5.30. The van der Waals surface area contributed by atoms with Crippen LogP contribution in [0.15, 0.2) is 47.3 Å². The molecular weight excluding hydrogens is 370 g/mol. The first-order valence-corrected chi connectivity index (χ1v) is 9.52. The number of hydrogen-bond donors (Lipinski definition) is 2. The second kappa shape index (κ2) is 6.82. The fraction of sp³-hybridized carbons (Fsp3) is 0.238. The number of benzene rings is 2. The first-order chi connectivity index (χ1) is 14.1. The van der Waals surface area contributed by atoms with Gasteiger partial charge in [0.05, 0.1) is 12.6 Å². The zero-order valence-electron chi connectivity index (χ0n) is 15.6. The predicted molar refractivity (Wildman–Crippen MR) is 109 cm³/mol. The Labute approximate surface area is 165 Å². The number of carbonyl (C=O) groups is 1. The summed E-state index contributed by atoms with van der Waals surface area (Å²) >= 11 is 0. The third-order valence-electron chi connectivity index (χ3n) is 5.30. The molecule has 146 valence electrons. The number of aromatic amines is 1. The maximum absolute atomic E-state index is 12.6. The molecule has 1 aliphatic rings. The van der Waals surface area contributed by atoms with E-state index in [2.05, 4.69) is 15.0 Å². The smallest absolute Gasteiger partial charge is 0.327 e. The van der Waals surface area contributed by atoms with Crippen LogP contribution in [-0.4, -0.2) is 38.1 Å². The van der Waals surface area contributed by atoms with E-state index in [0.29, 0.717) is 24.6 Å².